The minimum atomic E-state index is -0.644. The molecule has 24 heavy (non-hydrogen) atoms. The topological polar surface area (TPSA) is 103 Å². The average Bonchev–Trinajstić information content (AvgIpc) is 2.85. The third-order valence-electron chi connectivity index (χ3n) is 3.36. The molecule has 0 aliphatic rings. The van der Waals surface area contributed by atoms with Crippen molar-refractivity contribution in [3.05, 3.63) is 28.0 Å². The fraction of sp³-hybridized carbons (Fsp3) is 0.500. The summed E-state index contributed by atoms with van der Waals surface area (Å²) in [5.74, 6) is -0.382. The van der Waals surface area contributed by atoms with Crippen LogP contribution in [-0.4, -0.2) is 34.6 Å². The van der Waals surface area contributed by atoms with Crippen molar-refractivity contribution in [2.75, 3.05) is 13.2 Å². The molecule has 0 radical (unpaired) electrons. The third kappa shape index (κ3) is 3.64. The summed E-state index contributed by atoms with van der Waals surface area (Å²) in [5, 5.41) is 2.76. The van der Waals surface area contributed by atoms with Gasteiger partial charge in [0, 0.05) is 6.54 Å². The zero-order valence-electron chi connectivity index (χ0n) is 14.2. The highest BCUT2D eigenvalue weighted by Crippen LogP contribution is 2.21. The molecule has 0 saturated carbocycles. The second kappa shape index (κ2) is 7.29. The van der Waals surface area contributed by atoms with Crippen LogP contribution in [-0.2, 0) is 16.1 Å². The molecule has 130 valence electrons. The Morgan fingerprint density at radius 1 is 1.42 bits per heavy atom. The maximum atomic E-state index is 12.6. The lowest BCUT2D eigenvalue weighted by Crippen LogP contribution is -2.34. The number of hydrogen-bond donors (Lipinski definition) is 1. The smallest absolute Gasteiger partial charge is 0.342 e. The van der Waals surface area contributed by atoms with E-state index in [0.29, 0.717) is 12.5 Å². The summed E-state index contributed by atoms with van der Waals surface area (Å²) in [7, 11) is 0. The number of aromatic nitrogens is 2. The average molecular weight is 335 g/mol. The van der Waals surface area contributed by atoms with Gasteiger partial charge in [0.15, 0.2) is 0 Å². The standard InChI is InChI=1S/C16H21N3O5/c1-5-23-16(22)12-10(4)24-14-13(12)15(21)19(8-18-14)7-11(20)17-6-9(2)3/h8-9H,5-7H2,1-4H3,(H,17,20). The minimum absolute atomic E-state index is 0.0325. The monoisotopic (exact) mass is 335 g/mol. The van der Waals surface area contributed by atoms with Crippen LogP contribution >= 0.6 is 0 Å². The Morgan fingerprint density at radius 2 is 2.12 bits per heavy atom. The Kier molecular flexibility index (Phi) is 5.38. The van der Waals surface area contributed by atoms with Crippen LogP contribution in [0.2, 0.25) is 0 Å². The summed E-state index contributed by atoms with van der Waals surface area (Å²) in [6.07, 6.45) is 1.23. The zero-order chi connectivity index (χ0) is 17.9. The molecule has 1 N–H and O–H groups in total. The van der Waals surface area contributed by atoms with Crippen LogP contribution in [0.4, 0.5) is 0 Å². The third-order valence-corrected chi connectivity index (χ3v) is 3.36. The molecule has 8 nitrogen and oxygen atoms in total. The molecule has 8 heteroatoms. The Balaban J connectivity index is 2.39. The lowest BCUT2D eigenvalue weighted by molar-refractivity contribution is -0.121. The maximum Gasteiger partial charge on any atom is 0.342 e. The van der Waals surface area contributed by atoms with Gasteiger partial charge in [-0.1, -0.05) is 13.8 Å². The van der Waals surface area contributed by atoms with Gasteiger partial charge in [0.2, 0.25) is 11.6 Å². The number of aryl methyl sites for hydroxylation is 1. The molecule has 0 fully saturated rings. The van der Waals surface area contributed by atoms with E-state index in [4.69, 9.17) is 9.15 Å². The van der Waals surface area contributed by atoms with E-state index in [1.807, 2.05) is 13.8 Å². The second-order valence-electron chi connectivity index (χ2n) is 5.81. The van der Waals surface area contributed by atoms with Crippen molar-refractivity contribution in [3.63, 3.8) is 0 Å². The number of hydrogen-bond acceptors (Lipinski definition) is 6. The molecular weight excluding hydrogens is 314 g/mol. The van der Waals surface area contributed by atoms with Gasteiger partial charge >= 0.3 is 5.97 Å². The number of carbonyl (C=O) groups is 2. The first-order chi connectivity index (χ1) is 11.3. The number of ether oxygens (including phenoxy) is 1. The lowest BCUT2D eigenvalue weighted by atomic mass is 10.2. The van der Waals surface area contributed by atoms with Gasteiger partial charge in [-0.25, -0.2) is 9.78 Å². The molecule has 0 bridgehead atoms. The second-order valence-corrected chi connectivity index (χ2v) is 5.81. The number of nitrogens with one attached hydrogen (secondary N) is 1. The lowest BCUT2D eigenvalue weighted by Gasteiger charge is -2.09. The normalized spacial score (nSPS) is 11.0. The quantitative estimate of drug-likeness (QED) is 0.797. The van der Waals surface area contributed by atoms with Crippen LogP contribution in [0.3, 0.4) is 0 Å². The number of carbonyl (C=O) groups excluding carboxylic acids is 2. The van der Waals surface area contributed by atoms with Gasteiger partial charge in [-0.2, -0.15) is 0 Å². The summed E-state index contributed by atoms with van der Waals surface area (Å²) in [4.78, 5) is 40.6. The van der Waals surface area contributed by atoms with Crippen molar-refractivity contribution in [1.82, 2.24) is 14.9 Å². The molecule has 2 heterocycles. The first kappa shape index (κ1) is 17.7. The van der Waals surface area contributed by atoms with Crippen LogP contribution < -0.4 is 10.9 Å². The molecule has 0 spiro atoms. The maximum absolute atomic E-state index is 12.6. The summed E-state index contributed by atoms with van der Waals surface area (Å²) >= 11 is 0. The van der Waals surface area contributed by atoms with Crippen molar-refractivity contribution in [3.8, 4) is 0 Å². The SMILES string of the molecule is CCOC(=O)c1c(C)oc2ncn(CC(=O)NCC(C)C)c(=O)c12. The van der Waals surface area contributed by atoms with Crippen molar-refractivity contribution in [2.24, 2.45) is 5.92 Å². The highest BCUT2D eigenvalue weighted by molar-refractivity contribution is 6.03. The van der Waals surface area contributed by atoms with Crippen molar-refractivity contribution in [1.29, 1.82) is 0 Å². The Hall–Kier alpha value is -2.64. The van der Waals surface area contributed by atoms with Crippen molar-refractivity contribution < 1.29 is 18.7 Å². The molecule has 0 aromatic carbocycles. The van der Waals surface area contributed by atoms with Gasteiger partial charge in [-0.3, -0.25) is 14.2 Å². The molecule has 2 rings (SSSR count). The van der Waals surface area contributed by atoms with E-state index >= 15 is 0 Å². The Bertz CT molecular complexity index is 819. The number of nitrogens with zero attached hydrogens (tertiary/aromatic N) is 2. The predicted octanol–water partition coefficient (Wildman–Crippen LogP) is 1.25. The molecule has 0 aliphatic carbocycles. The van der Waals surface area contributed by atoms with Gasteiger partial charge in [-0.15, -0.1) is 0 Å². The van der Waals surface area contributed by atoms with E-state index in [9.17, 15) is 14.4 Å². The minimum Gasteiger partial charge on any atom is -0.462 e. The van der Waals surface area contributed by atoms with Crippen LogP contribution in [0, 0.1) is 12.8 Å². The number of fused-ring (bicyclic) bond motifs is 1. The molecule has 0 atom stereocenters. The molecular formula is C16H21N3O5. The molecule has 0 aliphatic heterocycles. The van der Waals surface area contributed by atoms with Crippen LogP contribution in [0.15, 0.2) is 15.5 Å². The van der Waals surface area contributed by atoms with Gasteiger partial charge in [0.1, 0.15) is 29.6 Å². The first-order valence-electron chi connectivity index (χ1n) is 7.77. The Labute approximate surface area is 138 Å². The van der Waals surface area contributed by atoms with E-state index in [2.05, 4.69) is 10.3 Å². The predicted molar refractivity (Wildman–Crippen MR) is 86.8 cm³/mol. The van der Waals surface area contributed by atoms with Gasteiger partial charge in [-0.05, 0) is 19.8 Å². The molecule has 0 unspecified atom stereocenters. The van der Waals surface area contributed by atoms with Crippen molar-refractivity contribution in [2.45, 2.75) is 34.2 Å². The summed E-state index contributed by atoms with van der Waals surface area (Å²) in [6.45, 7) is 7.69. The number of rotatable bonds is 6. The fourth-order valence-corrected chi connectivity index (χ4v) is 2.23. The highest BCUT2D eigenvalue weighted by Gasteiger charge is 2.24. The van der Waals surface area contributed by atoms with Gasteiger partial charge in [0.25, 0.3) is 5.56 Å². The van der Waals surface area contributed by atoms with Crippen LogP contribution in [0.1, 0.15) is 36.9 Å². The fourth-order valence-electron chi connectivity index (χ4n) is 2.23. The summed E-state index contributed by atoms with van der Waals surface area (Å²) in [6, 6.07) is 0. The van der Waals surface area contributed by atoms with E-state index < -0.39 is 11.5 Å². The summed E-state index contributed by atoms with van der Waals surface area (Å²) < 4.78 is 11.5. The number of furan rings is 1. The Morgan fingerprint density at radius 3 is 2.75 bits per heavy atom. The van der Waals surface area contributed by atoms with E-state index in [-0.39, 0.29) is 41.5 Å². The first-order valence-corrected chi connectivity index (χ1v) is 7.77. The van der Waals surface area contributed by atoms with Crippen molar-refractivity contribution >= 4 is 23.0 Å². The number of esters is 1. The van der Waals surface area contributed by atoms with Gasteiger partial charge < -0.3 is 14.5 Å². The van der Waals surface area contributed by atoms with Crippen LogP contribution in [0.25, 0.3) is 11.1 Å². The molecule has 1 amide bonds. The molecule has 2 aromatic rings. The summed E-state index contributed by atoms with van der Waals surface area (Å²) in [5.41, 5.74) is -0.403. The largest absolute Gasteiger partial charge is 0.462 e. The van der Waals surface area contributed by atoms with E-state index in [1.54, 1.807) is 13.8 Å². The highest BCUT2D eigenvalue weighted by atomic mass is 16.5. The van der Waals surface area contributed by atoms with E-state index in [1.165, 1.54) is 6.33 Å². The molecule has 0 saturated heterocycles. The van der Waals surface area contributed by atoms with Crippen LogP contribution in [0.5, 0.6) is 0 Å². The molecule has 2 aromatic heterocycles. The number of amides is 1. The van der Waals surface area contributed by atoms with E-state index in [0.717, 1.165) is 4.57 Å². The van der Waals surface area contributed by atoms with Gasteiger partial charge in [0.05, 0.1) is 6.61 Å². The zero-order valence-corrected chi connectivity index (χ0v) is 14.2.